The summed E-state index contributed by atoms with van der Waals surface area (Å²) in [5.41, 5.74) is 2.75. The van der Waals surface area contributed by atoms with Crippen molar-refractivity contribution in [2.75, 3.05) is 5.32 Å². The number of carbonyl (C=O) groups excluding carboxylic acids is 2. The molecule has 5 nitrogen and oxygen atoms in total. The van der Waals surface area contributed by atoms with Gasteiger partial charge < -0.3 is 4.57 Å². The minimum atomic E-state index is 0.0420. The highest BCUT2D eigenvalue weighted by Crippen LogP contribution is 2.60. The molecule has 4 bridgehead atoms. The molecule has 5 heteroatoms. The lowest BCUT2D eigenvalue weighted by Gasteiger charge is -2.57. The zero-order valence-electron chi connectivity index (χ0n) is 18.3. The molecule has 0 aliphatic heterocycles. The van der Waals surface area contributed by atoms with E-state index >= 15 is 0 Å². The smallest absolute Gasteiger partial charge is 0.213 e. The van der Waals surface area contributed by atoms with Crippen LogP contribution in [-0.2, 0) is 10.3 Å². The molecule has 1 N–H and O–H groups in total. The van der Waals surface area contributed by atoms with Gasteiger partial charge in [0, 0.05) is 17.5 Å². The molecule has 0 unspecified atom stereocenters. The maximum absolute atomic E-state index is 13.0. The molecule has 164 valence electrons. The predicted octanol–water partition coefficient (Wildman–Crippen LogP) is 5.68. The van der Waals surface area contributed by atoms with Gasteiger partial charge in [-0.15, -0.1) is 0 Å². The molecule has 5 aliphatic rings. The Balaban J connectivity index is 1.37. The van der Waals surface area contributed by atoms with Gasteiger partial charge in [-0.25, -0.2) is 4.98 Å². The van der Waals surface area contributed by atoms with Crippen LogP contribution in [0, 0.1) is 23.7 Å². The molecular formula is C26H33N3O2. The highest BCUT2D eigenvalue weighted by Gasteiger charge is 2.53. The van der Waals surface area contributed by atoms with Crippen molar-refractivity contribution in [1.29, 1.82) is 0 Å². The lowest BCUT2D eigenvalue weighted by molar-refractivity contribution is -0.105. The first-order valence-corrected chi connectivity index (χ1v) is 12.4. The average Bonchev–Trinajstić information content (AvgIpc) is 3.38. The molecular weight excluding hydrogens is 386 g/mol. The van der Waals surface area contributed by atoms with Gasteiger partial charge in [-0.1, -0.05) is 25.7 Å². The quantitative estimate of drug-likeness (QED) is 0.464. The van der Waals surface area contributed by atoms with Crippen LogP contribution in [0.4, 0.5) is 5.95 Å². The fourth-order valence-corrected chi connectivity index (χ4v) is 8.00. The monoisotopic (exact) mass is 419 g/mol. The van der Waals surface area contributed by atoms with Crippen molar-refractivity contribution in [2.24, 2.45) is 23.7 Å². The van der Waals surface area contributed by atoms with Crippen molar-refractivity contribution < 1.29 is 9.59 Å². The number of hydrogen-bond acceptors (Lipinski definition) is 3. The Morgan fingerprint density at radius 1 is 1.10 bits per heavy atom. The molecule has 1 aromatic carbocycles. The van der Waals surface area contributed by atoms with Crippen LogP contribution in [-0.4, -0.2) is 21.7 Å². The summed E-state index contributed by atoms with van der Waals surface area (Å²) >= 11 is 0. The number of aromatic nitrogens is 2. The SMILES string of the molecule is O=CNc1nc2ccc(C(=O)CCC3CCCC3)cc2n1C12CC3CC(CC(C3)C1)C2. The first-order valence-electron chi connectivity index (χ1n) is 12.4. The molecule has 7 rings (SSSR count). The third kappa shape index (κ3) is 3.32. The number of ketones is 1. The van der Waals surface area contributed by atoms with Crippen LogP contribution in [0.25, 0.3) is 11.0 Å². The predicted molar refractivity (Wildman–Crippen MR) is 121 cm³/mol. The van der Waals surface area contributed by atoms with E-state index in [1.807, 2.05) is 12.1 Å². The van der Waals surface area contributed by atoms with E-state index in [2.05, 4.69) is 16.0 Å². The second kappa shape index (κ2) is 7.46. The molecule has 1 amide bonds. The molecule has 31 heavy (non-hydrogen) atoms. The van der Waals surface area contributed by atoms with E-state index in [1.165, 1.54) is 64.2 Å². The van der Waals surface area contributed by atoms with Crippen molar-refractivity contribution in [2.45, 2.75) is 82.6 Å². The molecule has 0 atom stereocenters. The Bertz CT molecular complexity index is 982. The van der Waals surface area contributed by atoms with Crippen molar-refractivity contribution in [1.82, 2.24) is 9.55 Å². The number of benzene rings is 1. The van der Waals surface area contributed by atoms with Gasteiger partial charge in [0.2, 0.25) is 12.4 Å². The van der Waals surface area contributed by atoms with Crippen LogP contribution in [0.15, 0.2) is 18.2 Å². The summed E-state index contributed by atoms with van der Waals surface area (Å²) < 4.78 is 2.33. The van der Waals surface area contributed by atoms with Gasteiger partial charge >= 0.3 is 0 Å². The topological polar surface area (TPSA) is 64.0 Å². The third-order valence-corrected chi connectivity index (χ3v) is 8.90. The second-order valence-corrected chi connectivity index (χ2v) is 11.0. The number of fused-ring (bicyclic) bond motifs is 1. The van der Waals surface area contributed by atoms with E-state index in [0.29, 0.717) is 12.4 Å². The zero-order valence-corrected chi connectivity index (χ0v) is 18.3. The normalized spacial score (nSPS) is 32.1. The van der Waals surface area contributed by atoms with Crippen molar-refractivity contribution in [3.8, 4) is 0 Å². The van der Waals surface area contributed by atoms with Gasteiger partial charge in [-0.2, -0.15) is 0 Å². The van der Waals surface area contributed by atoms with E-state index in [0.717, 1.165) is 53.1 Å². The first-order chi connectivity index (χ1) is 15.1. The fraction of sp³-hybridized carbons (Fsp3) is 0.654. The minimum Gasteiger partial charge on any atom is -0.304 e. The highest BCUT2D eigenvalue weighted by molar-refractivity contribution is 5.99. The average molecular weight is 420 g/mol. The van der Waals surface area contributed by atoms with Gasteiger partial charge in [0.05, 0.1) is 11.0 Å². The molecule has 0 saturated heterocycles. The molecule has 5 fully saturated rings. The second-order valence-electron chi connectivity index (χ2n) is 11.0. The molecule has 0 radical (unpaired) electrons. The van der Waals surface area contributed by atoms with E-state index in [-0.39, 0.29) is 11.3 Å². The molecule has 0 spiro atoms. The van der Waals surface area contributed by atoms with Crippen LogP contribution in [0.5, 0.6) is 0 Å². The van der Waals surface area contributed by atoms with Gasteiger partial charge in [0.15, 0.2) is 5.78 Å². The number of hydrogen-bond donors (Lipinski definition) is 1. The number of Topliss-reactive ketones (excluding diaryl/α,β-unsaturated/α-hetero) is 1. The van der Waals surface area contributed by atoms with Crippen LogP contribution >= 0.6 is 0 Å². The Labute approximate surface area is 184 Å². The molecule has 1 heterocycles. The number of anilines is 1. The number of rotatable bonds is 7. The Morgan fingerprint density at radius 3 is 2.42 bits per heavy atom. The zero-order chi connectivity index (χ0) is 21.0. The van der Waals surface area contributed by atoms with Crippen LogP contribution < -0.4 is 5.32 Å². The summed E-state index contributed by atoms with van der Waals surface area (Å²) in [6.45, 7) is 0. The molecule has 5 aliphatic carbocycles. The molecule has 1 aromatic heterocycles. The van der Waals surface area contributed by atoms with Crippen molar-refractivity contribution >= 4 is 29.2 Å². The van der Waals surface area contributed by atoms with Gasteiger partial charge in [0.1, 0.15) is 0 Å². The summed E-state index contributed by atoms with van der Waals surface area (Å²) in [4.78, 5) is 29.2. The van der Waals surface area contributed by atoms with E-state index in [4.69, 9.17) is 4.98 Å². The van der Waals surface area contributed by atoms with Crippen molar-refractivity contribution in [3.63, 3.8) is 0 Å². The third-order valence-electron chi connectivity index (χ3n) is 8.90. The summed E-state index contributed by atoms with van der Waals surface area (Å²) in [5.74, 6) is 4.02. The molecule has 2 aromatic rings. The number of carbonyl (C=O) groups is 2. The fourth-order valence-electron chi connectivity index (χ4n) is 8.00. The maximum atomic E-state index is 13.0. The Morgan fingerprint density at radius 2 is 1.77 bits per heavy atom. The van der Waals surface area contributed by atoms with E-state index in [1.54, 1.807) is 0 Å². The number of imidazole rings is 1. The summed E-state index contributed by atoms with van der Waals surface area (Å²) in [6, 6.07) is 5.97. The van der Waals surface area contributed by atoms with Gasteiger partial charge in [-0.05, 0) is 86.8 Å². The Kier molecular flexibility index (Phi) is 4.69. The van der Waals surface area contributed by atoms with Crippen LogP contribution in [0.2, 0.25) is 0 Å². The highest BCUT2D eigenvalue weighted by atomic mass is 16.1. The number of nitrogens with zero attached hydrogens (tertiary/aromatic N) is 2. The first kappa shape index (κ1) is 19.5. The maximum Gasteiger partial charge on any atom is 0.213 e. The summed E-state index contributed by atoms with van der Waals surface area (Å²) in [5, 5.41) is 2.89. The van der Waals surface area contributed by atoms with E-state index < -0.39 is 0 Å². The Hall–Kier alpha value is -2.17. The lowest BCUT2D eigenvalue weighted by Crippen LogP contribution is -2.52. The lowest BCUT2D eigenvalue weighted by atomic mass is 9.53. The number of amides is 1. The largest absolute Gasteiger partial charge is 0.304 e. The van der Waals surface area contributed by atoms with Crippen LogP contribution in [0.3, 0.4) is 0 Å². The van der Waals surface area contributed by atoms with E-state index in [9.17, 15) is 9.59 Å². The van der Waals surface area contributed by atoms with Gasteiger partial charge in [-0.3, -0.25) is 14.9 Å². The molecule has 5 saturated carbocycles. The number of nitrogens with one attached hydrogen (secondary N) is 1. The summed E-state index contributed by atoms with van der Waals surface area (Å²) in [6.07, 6.45) is 15.2. The standard InChI is InChI=1S/C26H33N3O2/c30-16-27-25-28-22-7-6-21(24(31)8-5-17-3-1-2-4-17)12-23(22)29(25)26-13-18-9-19(14-26)11-20(10-18)15-26/h6-7,12,16-20H,1-5,8-11,13-15H2,(H,27,28,30). The minimum absolute atomic E-state index is 0.0420. The van der Waals surface area contributed by atoms with Crippen molar-refractivity contribution in [3.05, 3.63) is 23.8 Å². The summed E-state index contributed by atoms with van der Waals surface area (Å²) in [7, 11) is 0. The van der Waals surface area contributed by atoms with Gasteiger partial charge in [0.25, 0.3) is 0 Å². The van der Waals surface area contributed by atoms with Crippen LogP contribution in [0.1, 0.15) is 87.4 Å².